The first kappa shape index (κ1) is 6.70. The van der Waals surface area contributed by atoms with Gasteiger partial charge in [0, 0.05) is 5.41 Å². The molecule has 0 aromatic carbocycles. The van der Waals surface area contributed by atoms with Crippen molar-refractivity contribution in [2.45, 2.75) is 25.1 Å². The third kappa shape index (κ3) is 0.844. The van der Waals surface area contributed by atoms with Crippen LogP contribution in [-0.4, -0.2) is 4.84 Å². The van der Waals surface area contributed by atoms with Gasteiger partial charge in [0.25, 0.3) is 0 Å². The van der Waals surface area contributed by atoms with E-state index in [0.717, 1.165) is 5.92 Å². The highest BCUT2D eigenvalue weighted by atomic mass is 35.5. The fourth-order valence-electron chi connectivity index (χ4n) is 0.905. The molecule has 0 amide bonds. The van der Waals surface area contributed by atoms with Crippen molar-refractivity contribution >= 4 is 23.2 Å². The van der Waals surface area contributed by atoms with Crippen molar-refractivity contribution in [1.29, 1.82) is 0 Å². The molecule has 1 saturated carbocycles. The normalized spacial score (nSPS) is 45.4. The van der Waals surface area contributed by atoms with Gasteiger partial charge in [0.1, 0.15) is 4.84 Å². The van der Waals surface area contributed by atoms with Crippen molar-refractivity contribution in [2.75, 3.05) is 0 Å². The molecule has 0 saturated heterocycles. The van der Waals surface area contributed by atoms with E-state index in [2.05, 4.69) is 13.8 Å². The number of hydrogen-bond donors (Lipinski definition) is 0. The zero-order valence-electron chi connectivity index (χ0n) is 5.12. The van der Waals surface area contributed by atoms with E-state index in [0.29, 0.717) is 0 Å². The van der Waals surface area contributed by atoms with Gasteiger partial charge in [-0.1, -0.05) is 13.8 Å². The molecule has 2 unspecified atom stereocenters. The van der Waals surface area contributed by atoms with Crippen LogP contribution in [0.4, 0.5) is 0 Å². The topological polar surface area (TPSA) is 0 Å². The Balaban J connectivity index is 2.47. The van der Waals surface area contributed by atoms with Crippen molar-refractivity contribution in [1.82, 2.24) is 0 Å². The van der Waals surface area contributed by atoms with Crippen molar-refractivity contribution in [3.63, 3.8) is 0 Å². The molecule has 0 spiro atoms. The van der Waals surface area contributed by atoms with Crippen LogP contribution in [0.3, 0.4) is 0 Å². The van der Waals surface area contributed by atoms with E-state index < -0.39 is 0 Å². The van der Waals surface area contributed by atoms with Crippen LogP contribution in [0.1, 0.15) is 20.3 Å². The molecule has 0 nitrogen and oxygen atoms in total. The minimum atomic E-state index is -0.169. The summed E-state index contributed by atoms with van der Waals surface area (Å²) in [6.07, 6.45) is 1.19. The molecule has 2 atom stereocenters. The Bertz CT molecular complexity index is 101. The second-order valence-electron chi connectivity index (χ2n) is 2.91. The molecule has 1 rings (SSSR count). The number of alkyl halides is 2. The average Bonchev–Trinajstić information content (AvgIpc) is 2.17. The van der Waals surface area contributed by atoms with Crippen LogP contribution < -0.4 is 0 Å². The van der Waals surface area contributed by atoms with Crippen LogP contribution in [0.25, 0.3) is 0 Å². The standard InChI is InChI=1S/C6H10Cl2/c1-4-3-6(4,2)5(7)8/h4-5H,3H2,1-2H3. The van der Waals surface area contributed by atoms with Crippen LogP contribution in [0.15, 0.2) is 0 Å². The van der Waals surface area contributed by atoms with E-state index in [1.54, 1.807) is 0 Å². The number of halogens is 2. The van der Waals surface area contributed by atoms with Crippen LogP contribution in [0, 0.1) is 11.3 Å². The second kappa shape index (κ2) is 1.78. The molecule has 8 heavy (non-hydrogen) atoms. The second-order valence-corrected chi connectivity index (χ2v) is 4.01. The predicted molar refractivity (Wildman–Crippen MR) is 37.4 cm³/mol. The molecule has 1 fully saturated rings. The van der Waals surface area contributed by atoms with Gasteiger partial charge < -0.3 is 0 Å². The van der Waals surface area contributed by atoms with Crippen molar-refractivity contribution in [2.24, 2.45) is 11.3 Å². The first-order valence-electron chi connectivity index (χ1n) is 2.85. The molecule has 0 heterocycles. The van der Waals surface area contributed by atoms with Gasteiger partial charge in [-0.3, -0.25) is 0 Å². The minimum Gasteiger partial charge on any atom is -0.105 e. The fourth-order valence-corrected chi connectivity index (χ4v) is 1.51. The van der Waals surface area contributed by atoms with E-state index in [1.807, 2.05) is 0 Å². The third-order valence-corrected chi connectivity index (χ3v) is 3.21. The summed E-state index contributed by atoms with van der Waals surface area (Å²) in [7, 11) is 0. The third-order valence-electron chi connectivity index (χ3n) is 2.21. The van der Waals surface area contributed by atoms with Gasteiger partial charge in [-0.05, 0) is 12.3 Å². The summed E-state index contributed by atoms with van der Waals surface area (Å²) in [5.41, 5.74) is 0.239. The van der Waals surface area contributed by atoms with Gasteiger partial charge in [-0.15, -0.1) is 23.2 Å². The van der Waals surface area contributed by atoms with Gasteiger partial charge in [0.2, 0.25) is 0 Å². The maximum absolute atomic E-state index is 5.68. The van der Waals surface area contributed by atoms with Gasteiger partial charge in [-0.25, -0.2) is 0 Å². The van der Waals surface area contributed by atoms with Crippen molar-refractivity contribution in [3.05, 3.63) is 0 Å². The SMILES string of the molecule is CC1CC1(C)C(Cl)Cl. The van der Waals surface area contributed by atoms with Crippen LogP contribution in [0.2, 0.25) is 0 Å². The Hall–Kier alpha value is 0.580. The zero-order valence-corrected chi connectivity index (χ0v) is 6.63. The molecule has 2 heteroatoms. The smallest absolute Gasteiger partial charge is 0.105 e. The lowest BCUT2D eigenvalue weighted by molar-refractivity contribution is 0.564. The van der Waals surface area contributed by atoms with Gasteiger partial charge >= 0.3 is 0 Å². The van der Waals surface area contributed by atoms with E-state index in [4.69, 9.17) is 23.2 Å². The van der Waals surface area contributed by atoms with Crippen LogP contribution in [-0.2, 0) is 0 Å². The summed E-state index contributed by atoms with van der Waals surface area (Å²) < 4.78 is 0. The lowest BCUT2D eigenvalue weighted by Gasteiger charge is -2.08. The minimum absolute atomic E-state index is 0.169. The van der Waals surface area contributed by atoms with Gasteiger partial charge in [-0.2, -0.15) is 0 Å². The quantitative estimate of drug-likeness (QED) is 0.508. The summed E-state index contributed by atoms with van der Waals surface area (Å²) in [5, 5.41) is 0. The Morgan fingerprint density at radius 3 is 2.00 bits per heavy atom. The summed E-state index contributed by atoms with van der Waals surface area (Å²) in [6.45, 7) is 4.31. The number of hydrogen-bond acceptors (Lipinski definition) is 0. The monoisotopic (exact) mass is 152 g/mol. The fraction of sp³-hybridized carbons (Fsp3) is 1.00. The molecular weight excluding hydrogens is 143 g/mol. The molecule has 0 aromatic heterocycles. The first-order valence-corrected chi connectivity index (χ1v) is 3.73. The Morgan fingerprint density at radius 2 is 2.00 bits per heavy atom. The highest BCUT2D eigenvalue weighted by molar-refractivity contribution is 6.45. The number of rotatable bonds is 1. The molecular formula is C6H10Cl2. The van der Waals surface area contributed by atoms with Crippen LogP contribution in [0.5, 0.6) is 0 Å². The van der Waals surface area contributed by atoms with Crippen LogP contribution >= 0.6 is 23.2 Å². The molecule has 0 bridgehead atoms. The maximum Gasteiger partial charge on any atom is 0.113 e. The van der Waals surface area contributed by atoms with Crippen molar-refractivity contribution in [3.8, 4) is 0 Å². The predicted octanol–water partition coefficient (Wildman–Crippen LogP) is 2.84. The van der Waals surface area contributed by atoms with E-state index in [-0.39, 0.29) is 10.3 Å². The largest absolute Gasteiger partial charge is 0.113 e. The first-order chi connectivity index (χ1) is 3.57. The molecule has 0 aromatic rings. The lowest BCUT2D eigenvalue weighted by atomic mass is 10.1. The summed E-state index contributed by atoms with van der Waals surface area (Å²) in [6, 6.07) is 0. The summed E-state index contributed by atoms with van der Waals surface area (Å²) >= 11 is 11.4. The lowest BCUT2D eigenvalue weighted by Crippen LogP contribution is -2.06. The highest BCUT2D eigenvalue weighted by Crippen LogP contribution is 2.57. The Kier molecular flexibility index (Phi) is 1.49. The molecule has 1 aliphatic rings. The maximum atomic E-state index is 5.68. The van der Waals surface area contributed by atoms with E-state index >= 15 is 0 Å². The molecule has 48 valence electrons. The Morgan fingerprint density at radius 1 is 1.62 bits per heavy atom. The zero-order chi connectivity index (χ0) is 6.36. The average molecular weight is 153 g/mol. The van der Waals surface area contributed by atoms with E-state index in [1.165, 1.54) is 6.42 Å². The summed E-state index contributed by atoms with van der Waals surface area (Å²) in [4.78, 5) is -0.169. The Labute approximate surface area is 60.2 Å². The van der Waals surface area contributed by atoms with Gasteiger partial charge in [0.05, 0.1) is 0 Å². The highest BCUT2D eigenvalue weighted by Gasteiger charge is 2.51. The van der Waals surface area contributed by atoms with Gasteiger partial charge in [0.15, 0.2) is 0 Å². The van der Waals surface area contributed by atoms with Crippen molar-refractivity contribution < 1.29 is 0 Å². The molecule has 0 radical (unpaired) electrons. The molecule has 1 aliphatic carbocycles. The van der Waals surface area contributed by atoms with E-state index in [9.17, 15) is 0 Å². The molecule has 0 N–H and O–H groups in total. The summed E-state index contributed by atoms with van der Waals surface area (Å²) in [5.74, 6) is 0.725. The molecule has 0 aliphatic heterocycles.